The van der Waals surface area contributed by atoms with Gasteiger partial charge in [-0.3, -0.25) is 0 Å². The van der Waals surface area contributed by atoms with Gasteiger partial charge in [-0.15, -0.1) is 0 Å². The maximum absolute atomic E-state index is 13.7. The van der Waals surface area contributed by atoms with Crippen molar-refractivity contribution in [3.8, 4) is 11.5 Å². The lowest BCUT2D eigenvalue weighted by atomic mass is 9.98. The van der Waals surface area contributed by atoms with Crippen LogP contribution in [0, 0.1) is 12.7 Å². The Kier molecular flexibility index (Phi) is 4.81. The van der Waals surface area contributed by atoms with Gasteiger partial charge in [0.2, 0.25) is 0 Å². The van der Waals surface area contributed by atoms with Crippen LogP contribution in [-0.2, 0) is 6.42 Å². The van der Waals surface area contributed by atoms with Gasteiger partial charge in [-0.05, 0) is 48.2 Å². The molecule has 1 atom stereocenters. The van der Waals surface area contributed by atoms with E-state index in [0.29, 0.717) is 6.42 Å². The molecule has 0 aromatic heterocycles. The van der Waals surface area contributed by atoms with Crippen molar-refractivity contribution in [2.45, 2.75) is 19.4 Å². The van der Waals surface area contributed by atoms with Crippen LogP contribution in [0.1, 0.15) is 22.7 Å². The van der Waals surface area contributed by atoms with Gasteiger partial charge in [-0.1, -0.05) is 18.2 Å². The van der Waals surface area contributed by atoms with Crippen molar-refractivity contribution in [2.75, 3.05) is 14.2 Å². The molecule has 1 unspecified atom stereocenters. The van der Waals surface area contributed by atoms with Crippen LogP contribution in [0.5, 0.6) is 11.5 Å². The van der Waals surface area contributed by atoms with Gasteiger partial charge in [-0.2, -0.15) is 0 Å². The van der Waals surface area contributed by atoms with E-state index in [1.54, 1.807) is 13.2 Å². The van der Waals surface area contributed by atoms with Gasteiger partial charge >= 0.3 is 0 Å². The zero-order valence-corrected chi connectivity index (χ0v) is 12.5. The maximum Gasteiger partial charge on any atom is 0.165 e. The molecule has 0 aliphatic rings. The molecule has 0 saturated heterocycles. The summed E-state index contributed by atoms with van der Waals surface area (Å²) < 4.78 is 23.8. The molecule has 3 nitrogen and oxygen atoms in total. The summed E-state index contributed by atoms with van der Waals surface area (Å²) in [5.74, 6) is 0.710. The summed E-state index contributed by atoms with van der Waals surface area (Å²) in [6, 6.07) is 10.6. The Morgan fingerprint density at radius 1 is 1.05 bits per heavy atom. The van der Waals surface area contributed by atoms with Crippen molar-refractivity contribution in [1.82, 2.24) is 0 Å². The van der Waals surface area contributed by atoms with Crippen LogP contribution in [0.25, 0.3) is 0 Å². The second-order valence-corrected chi connectivity index (χ2v) is 5.01. The van der Waals surface area contributed by atoms with Crippen molar-refractivity contribution < 1.29 is 13.9 Å². The van der Waals surface area contributed by atoms with Crippen LogP contribution in [-0.4, -0.2) is 14.2 Å². The minimum Gasteiger partial charge on any atom is -0.496 e. The summed E-state index contributed by atoms with van der Waals surface area (Å²) in [7, 11) is 3.09. The number of benzene rings is 2. The summed E-state index contributed by atoms with van der Waals surface area (Å²) in [6.45, 7) is 1.97. The van der Waals surface area contributed by atoms with Gasteiger partial charge in [0.1, 0.15) is 5.75 Å². The van der Waals surface area contributed by atoms with E-state index in [9.17, 15) is 4.39 Å². The number of hydrogen-bond donors (Lipinski definition) is 1. The quantitative estimate of drug-likeness (QED) is 0.917. The summed E-state index contributed by atoms with van der Waals surface area (Å²) in [4.78, 5) is 0. The predicted molar refractivity (Wildman–Crippen MR) is 81.3 cm³/mol. The smallest absolute Gasteiger partial charge is 0.165 e. The molecule has 0 fully saturated rings. The highest BCUT2D eigenvalue weighted by atomic mass is 19.1. The Labute approximate surface area is 124 Å². The first-order valence-corrected chi connectivity index (χ1v) is 6.77. The van der Waals surface area contributed by atoms with Crippen molar-refractivity contribution in [2.24, 2.45) is 5.73 Å². The molecule has 2 aromatic carbocycles. The molecule has 0 radical (unpaired) electrons. The van der Waals surface area contributed by atoms with E-state index >= 15 is 0 Å². The van der Waals surface area contributed by atoms with Gasteiger partial charge in [0, 0.05) is 6.04 Å². The van der Waals surface area contributed by atoms with Crippen LogP contribution in [0.3, 0.4) is 0 Å². The summed E-state index contributed by atoms with van der Waals surface area (Å²) in [6.07, 6.45) is 0.562. The van der Waals surface area contributed by atoms with Crippen molar-refractivity contribution in [3.63, 3.8) is 0 Å². The van der Waals surface area contributed by atoms with Crippen LogP contribution in [0.2, 0.25) is 0 Å². The van der Waals surface area contributed by atoms with Crippen molar-refractivity contribution in [3.05, 3.63) is 58.9 Å². The lowest BCUT2D eigenvalue weighted by Crippen LogP contribution is -2.13. The monoisotopic (exact) mass is 289 g/mol. The molecule has 0 spiro atoms. The first-order valence-electron chi connectivity index (χ1n) is 6.77. The molecule has 2 N–H and O–H groups in total. The van der Waals surface area contributed by atoms with Crippen LogP contribution >= 0.6 is 0 Å². The average Bonchev–Trinajstić information content (AvgIpc) is 2.47. The molecule has 0 bridgehead atoms. The molecule has 0 heterocycles. The molecule has 4 heteroatoms. The SMILES string of the molecule is COc1ccc(C(N)Cc2ccc(OC)c(F)c2)cc1C. The molecule has 2 aromatic rings. The molecule has 2 rings (SSSR count). The Morgan fingerprint density at radius 3 is 2.29 bits per heavy atom. The van der Waals surface area contributed by atoms with Crippen LogP contribution in [0.15, 0.2) is 36.4 Å². The highest BCUT2D eigenvalue weighted by Crippen LogP contribution is 2.25. The lowest BCUT2D eigenvalue weighted by Gasteiger charge is -2.15. The molecule has 21 heavy (non-hydrogen) atoms. The second kappa shape index (κ2) is 6.59. The van der Waals surface area contributed by atoms with E-state index < -0.39 is 0 Å². The van der Waals surface area contributed by atoms with E-state index in [1.165, 1.54) is 13.2 Å². The van der Waals surface area contributed by atoms with E-state index in [2.05, 4.69) is 0 Å². The van der Waals surface area contributed by atoms with Gasteiger partial charge in [0.25, 0.3) is 0 Å². The van der Waals surface area contributed by atoms with Gasteiger partial charge in [0.15, 0.2) is 11.6 Å². The van der Waals surface area contributed by atoms with E-state index in [4.69, 9.17) is 15.2 Å². The third-order valence-electron chi connectivity index (χ3n) is 3.52. The largest absolute Gasteiger partial charge is 0.496 e. The Balaban J connectivity index is 2.15. The second-order valence-electron chi connectivity index (χ2n) is 5.01. The fourth-order valence-corrected chi connectivity index (χ4v) is 2.34. The maximum atomic E-state index is 13.7. The summed E-state index contributed by atoms with van der Waals surface area (Å²) >= 11 is 0. The normalized spacial score (nSPS) is 12.0. The zero-order valence-electron chi connectivity index (χ0n) is 12.5. The molecule has 0 aliphatic carbocycles. The lowest BCUT2D eigenvalue weighted by molar-refractivity contribution is 0.386. The molecular formula is C17H20FNO2. The molecule has 112 valence electrons. The van der Waals surface area contributed by atoms with E-state index in [-0.39, 0.29) is 17.6 Å². The number of methoxy groups -OCH3 is 2. The number of halogens is 1. The van der Waals surface area contributed by atoms with Crippen LogP contribution < -0.4 is 15.2 Å². The summed E-state index contributed by atoms with van der Waals surface area (Å²) in [5.41, 5.74) is 9.09. The minimum absolute atomic E-state index is 0.192. The molecule has 0 saturated carbocycles. The molecule has 0 amide bonds. The standard InChI is InChI=1S/C17H20FNO2/c1-11-8-13(5-7-16(11)20-2)15(19)10-12-4-6-17(21-3)14(18)9-12/h4-9,15H,10,19H2,1-3H3. The summed E-state index contributed by atoms with van der Waals surface area (Å²) in [5, 5.41) is 0. The van der Waals surface area contributed by atoms with E-state index in [1.807, 2.05) is 31.2 Å². The Morgan fingerprint density at radius 2 is 1.71 bits per heavy atom. The molecule has 0 aliphatic heterocycles. The van der Waals surface area contributed by atoms with Crippen molar-refractivity contribution in [1.29, 1.82) is 0 Å². The number of hydrogen-bond acceptors (Lipinski definition) is 3. The predicted octanol–water partition coefficient (Wildman–Crippen LogP) is 3.39. The highest BCUT2D eigenvalue weighted by Gasteiger charge is 2.11. The third-order valence-corrected chi connectivity index (χ3v) is 3.52. The van der Waals surface area contributed by atoms with Gasteiger partial charge in [-0.25, -0.2) is 4.39 Å². The number of ether oxygens (including phenoxy) is 2. The fraction of sp³-hybridized carbons (Fsp3) is 0.294. The van der Waals surface area contributed by atoms with Gasteiger partial charge < -0.3 is 15.2 Å². The zero-order chi connectivity index (χ0) is 15.4. The first kappa shape index (κ1) is 15.3. The average molecular weight is 289 g/mol. The number of rotatable bonds is 5. The minimum atomic E-state index is -0.367. The van der Waals surface area contributed by atoms with Gasteiger partial charge in [0.05, 0.1) is 14.2 Å². The fourth-order valence-electron chi connectivity index (χ4n) is 2.34. The Bertz CT molecular complexity index is 628. The van der Waals surface area contributed by atoms with Crippen LogP contribution in [0.4, 0.5) is 4.39 Å². The van der Waals surface area contributed by atoms with Crippen molar-refractivity contribution >= 4 is 0 Å². The number of nitrogens with two attached hydrogens (primary N) is 1. The molecular weight excluding hydrogens is 269 g/mol. The Hall–Kier alpha value is -2.07. The third kappa shape index (κ3) is 3.52. The topological polar surface area (TPSA) is 44.5 Å². The highest BCUT2D eigenvalue weighted by molar-refractivity contribution is 5.38. The number of aryl methyl sites for hydroxylation is 1. The van der Waals surface area contributed by atoms with E-state index in [0.717, 1.165) is 22.4 Å². The first-order chi connectivity index (χ1) is 10.0.